The van der Waals surface area contributed by atoms with Crippen molar-refractivity contribution in [3.8, 4) is 6.07 Å². The molecule has 0 aliphatic carbocycles. The van der Waals surface area contributed by atoms with Crippen molar-refractivity contribution in [1.29, 1.82) is 5.26 Å². The Kier molecular flexibility index (Phi) is 6.10. The van der Waals surface area contributed by atoms with Crippen molar-refractivity contribution >= 4 is 23.2 Å². The standard InChI is InChI=1S/C18H18N2O3S/c1-12(2)17(15-7-4-8-24-15)20-16(21)11-23-18(22)14-6-3-5-13(9-14)10-19/h3-9,12,17H,11H2,1-2H3,(H,20,21). The summed E-state index contributed by atoms with van der Waals surface area (Å²) < 4.78 is 5.03. The monoisotopic (exact) mass is 342 g/mol. The van der Waals surface area contributed by atoms with Crippen LogP contribution in [0.2, 0.25) is 0 Å². The molecule has 0 bridgehead atoms. The van der Waals surface area contributed by atoms with Crippen LogP contribution in [-0.2, 0) is 9.53 Å². The average molecular weight is 342 g/mol. The fourth-order valence-electron chi connectivity index (χ4n) is 2.18. The summed E-state index contributed by atoms with van der Waals surface area (Å²) in [7, 11) is 0. The minimum absolute atomic E-state index is 0.113. The van der Waals surface area contributed by atoms with E-state index < -0.39 is 5.97 Å². The van der Waals surface area contributed by atoms with Gasteiger partial charge in [-0.3, -0.25) is 4.79 Å². The molecule has 0 radical (unpaired) electrons. The zero-order valence-corrected chi connectivity index (χ0v) is 14.3. The third-order valence-corrected chi connectivity index (χ3v) is 4.35. The maximum Gasteiger partial charge on any atom is 0.338 e. The third kappa shape index (κ3) is 4.67. The number of nitriles is 1. The van der Waals surface area contributed by atoms with Crippen LogP contribution in [0, 0.1) is 17.2 Å². The van der Waals surface area contributed by atoms with Gasteiger partial charge in [-0.15, -0.1) is 11.3 Å². The zero-order valence-electron chi connectivity index (χ0n) is 13.5. The van der Waals surface area contributed by atoms with Gasteiger partial charge >= 0.3 is 5.97 Å². The quantitative estimate of drug-likeness (QED) is 0.817. The van der Waals surface area contributed by atoms with Gasteiger partial charge in [-0.25, -0.2) is 4.79 Å². The topological polar surface area (TPSA) is 79.2 Å². The lowest BCUT2D eigenvalue weighted by molar-refractivity contribution is -0.125. The Morgan fingerprint density at radius 2 is 2.08 bits per heavy atom. The van der Waals surface area contributed by atoms with Crippen LogP contribution in [0.15, 0.2) is 41.8 Å². The SMILES string of the molecule is CC(C)C(NC(=O)COC(=O)c1cccc(C#N)c1)c1cccs1. The largest absolute Gasteiger partial charge is 0.452 e. The van der Waals surface area contributed by atoms with Gasteiger partial charge in [0.2, 0.25) is 0 Å². The van der Waals surface area contributed by atoms with Crippen LogP contribution < -0.4 is 5.32 Å². The fraction of sp³-hybridized carbons (Fsp3) is 0.278. The summed E-state index contributed by atoms with van der Waals surface area (Å²) in [6.07, 6.45) is 0. The predicted molar refractivity (Wildman–Crippen MR) is 91.5 cm³/mol. The Hall–Kier alpha value is -2.65. The van der Waals surface area contributed by atoms with Crippen molar-refractivity contribution in [1.82, 2.24) is 5.32 Å². The highest BCUT2D eigenvalue weighted by Gasteiger charge is 2.20. The zero-order chi connectivity index (χ0) is 17.5. The number of amides is 1. The van der Waals surface area contributed by atoms with E-state index in [0.29, 0.717) is 5.56 Å². The summed E-state index contributed by atoms with van der Waals surface area (Å²) in [5.41, 5.74) is 0.618. The van der Waals surface area contributed by atoms with Gasteiger partial charge in [-0.2, -0.15) is 5.26 Å². The molecule has 0 aliphatic rings. The summed E-state index contributed by atoms with van der Waals surface area (Å²) in [5.74, 6) is -0.762. The number of carbonyl (C=O) groups excluding carboxylic acids is 2. The summed E-state index contributed by atoms with van der Waals surface area (Å²) in [4.78, 5) is 25.1. The first-order chi connectivity index (χ1) is 11.5. The predicted octanol–water partition coefficient (Wildman–Crippen LogP) is 3.29. The van der Waals surface area contributed by atoms with Crippen LogP contribution in [0.25, 0.3) is 0 Å². The number of benzene rings is 1. The number of nitrogens with zero attached hydrogens (tertiary/aromatic N) is 1. The lowest BCUT2D eigenvalue weighted by Crippen LogP contribution is -2.34. The van der Waals surface area contributed by atoms with Crippen molar-refractivity contribution in [2.45, 2.75) is 19.9 Å². The second kappa shape index (κ2) is 8.27. The molecular formula is C18H18N2O3S. The maximum atomic E-state index is 12.1. The number of ether oxygens (including phenoxy) is 1. The van der Waals surface area contributed by atoms with Crippen LogP contribution in [0.1, 0.15) is 40.7 Å². The van der Waals surface area contributed by atoms with E-state index >= 15 is 0 Å². The number of rotatable bonds is 6. The second-order valence-electron chi connectivity index (χ2n) is 5.57. The highest BCUT2D eigenvalue weighted by molar-refractivity contribution is 7.10. The third-order valence-electron chi connectivity index (χ3n) is 3.39. The Balaban J connectivity index is 1.92. The van der Waals surface area contributed by atoms with E-state index in [0.717, 1.165) is 4.88 Å². The Morgan fingerprint density at radius 1 is 1.29 bits per heavy atom. The molecule has 0 saturated heterocycles. The molecule has 2 aromatic rings. The first-order valence-electron chi connectivity index (χ1n) is 7.51. The van der Waals surface area contributed by atoms with Crippen molar-refractivity contribution in [2.24, 2.45) is 5.92 Å². The van der Waals surface area contributed by atoms with Crippen molar-refractivity contribution in [3.63, 3.8) is 0 Å². The maximum absolute atomic E-state index is 12.1. The molecule has 1 N–H and O–H groups in total. The van der Waals surface area contributed by atoms with Gasteiger partial charge in [0.05, 0.1) is 23.2 Å². The molecule has 24 heavy (non-hydrogen) atoms. The molecule has 2 rings (SSSR count). The van der Waals surface area contributed by atoms with E-state index in [9.17, 15) is 9.59 Å². The van der Waals surface area contributed by atoms with E-state index in [2.05, 4.69) is 5.32 Å². The number of thiophene rings is 1. The van der Waals surface area contributed by atoms with E-state index in [1.165, 1.54) is 6.07 Å². The number of hydrogen-bond donors (Lipinski definition) is 1. The molecule has 1 aromatic carbocycles. The molecule has 1 unspecified atom stereocenters. The van der Waals surface area contributed by atoms with Crippen LogP contribution in [0.4, 0.5) is 0 Å². The first kappa shape index (κ1) is 17.7. The molecule has 1 amide bonds. The summed E-state index contributed by atoms with van der Waals surface area (Å²) in [5, 5.41) is 13.7. The smallest absolute Gasteiger partial charge is 0.338 e. The summed E-state index contributed by atoms with van der Waals surface area (Å²) >= 11 is 1.57. The molecule has 0 saturated carbocycles. The number of carbonyl (C=O) groups is 2. The Bertz CT molecular complexity index is 748. The normalized spacial score (nSPS) is 11.6. The van der Waals surface area contributed by atoms with Gasteiger partial charge in [0.25, 0.3) is 5.91 Å². The van der Waals surface area contributed by atoms with Gasteiger partial charge in [-0.1, -0.05) is 26.0 Å². The second-order valence-corrected chi connectivity index (χ2v) is 6.55. The van der Waals surface area contributed by atoms with E-state index in [1.807, 2.05) is 37.4 Å². The van der Waals surface area contributed by atoms with Crippen LogP contribution in [0.5, 0.6) is 0 Å². The molecule has 1 atom stereocenters. The van der Waals surface area contributed by atoms with Crippen molar-refractivity contribution < 1.29 is 14.3 Å². The average Bonchev–Trinajstić information content (AvgIpc) is 3.11. The highest BCUT2D eigenvalue weighted by Crippen LogP contribution is 2.25. The first-order valence-corrected chi connectivity index (χ1v) is 8.39. The molecule has 124 valence electrons. The number of nitrogens with one attached hydrogen (secondary N) is 1. The molecule has 0 fully saturated rings. The molecular weight excluding hydrogens is 324 g/mol. The van der Waals surface area contributed by atoms with Crippen molar-refractivity contribution in [3.05, 3.63) is 57.8 Å². The molecule has 1 aromatic heterocycles. The molecule has 5 nitrogen and oxygen atoms in total. The number of hydrogen-bond acceptors (Lipinski definition) is 5. The Morgan fingerprint density at radius 3 is 2.71 bits per heavy atom. The Labute approximate surface area is 144 Å². The molecule has 6 heteroatoms. The lowest BCUT2D eigenvalue weighted by Gasteiger charge is -2.21. The van der Waals surface area contributed by atoms with E-state index in [-0.39, 0.29) is 30.0 Å². The van der Waals surface area contributed by atoms with E-state index in [1.54, 1.807) is 29.5 Å². The van der Waals surface area contributed by atoms with Crippen LogP contribution >= 0.6 is 11.3 Å². The van der Waals surface area contributed by atoms with Gasteiger partial charge in [0.1, 0.15) is 0 Å². The summed E-state index contributed by atoms with van der Waals surface area (Å²) in [6, 6.07) is 11.9. The number of esters is 1. The van der Waals surface area contributed by atoms with Gasteiger partial charge in [0.15, 0.2) is 6.61 Å². The van der Waals surface area contributed by atoms with Crippen LogP contribution in [-0.4, -0.2) is 18.5 Å². The minimum atomic E-state index is -0.625. The molecule has 0 aliphatic heterocycles. The van der Waals surface area contributed by atoms with Crippen LogP contribution in [0.3, 0.4) is 0 Å². The van der Waals surface area contributed by atoms with Gasteiger partial charge < -0.3 is 10.1 Å². The van der Waals surface area contributed by atoms with Crippen molar-refractivity contribution in [2.75, 3.05) is 6.61 Å². The lowest BCUT2D eigenvalue weighted by atomic mass is 10.0. The minimum Gasteiger partial charge on any atom is -0.452 e. The van der Waals surface area contributed by atoms with E-state index in [4.69, 9.17) is 10.00 Å². The molecule has 1 heterocycles. The van der Waals surface area contributed by atoms with Gasteiger partial charge in [0, 0.05) is 4.88 Å². The fourth-order valence-corrected chi connectivity index (χ4v) is 3.13. The van der Waals surface area contributed by atoms with Gasteiger partial charge in [-0.05, 0) is 35.6 Å². The highest BCUT2D eigenvalue weighted by atomic mass is 32.1. The summed E-state index contributed by atoms with van der Waals surface area (Å²) in [6.45, 7) is 3.68. The molecule has 0 spiro atoms.